The molecule has 0 N–H and O–H groups in total. The number of benzene rings is 2. The van der Waals surface area contributed by atoms with Gasteiger partial charge in [0, 0.05) is 0 Å². The summed E-state index contributed by atoms with van der Waals surface area (Å²) in [5, 5.41) is 5.54. The lowest BCUT2D eigenvalue weighted by molar-refractivity contribution is 0.694. The van der Waals surface area contributed by atoms with E-state index >= 15 is 0 Å². The first-order valence-electron chi connectivity index (χ1n) is 8.22. The predicted molar refractivity (Wildman–Crippen MR) is 98.0 cm³/mol. The number of rotatable bonds is 6. The molecule has 0 unspecified atom stereocenters. The minimum absolute atomic E-state index is 0.780. The van der Waals surface area contributed by atoms with Crippen LogP contribution in [0.4, 0.5) is 0 Å². The van der Waals surface area contributed by atoms with Gasteiger partial charge in [-0.25, -0.2) is 0 Å². The summed E-state index contributed by atoms with van der Waals surface area (Å²) in [6.45, 7) is 9.41. The highest BCUT2D eigenvalue weighted by Gasteiger charge is 2.16. The Balaban J connectivity index is 2.23. The fourth-order valence-corrected chi connectivity index (χ4v) is 6.51. The van der Waals surface area contributed by atoms with Gasteiger partial charge in [-0.1, -0.05) is 98.6 Å². The molecule has 0 radical (unpaired) electrons. The molecule has 0 aliphatic heterocycles. The van der Waals surface area contributed by atoms with E-state index in [2.05, 4.69) is 81.2 Å². The molecule has 110 valence electrons. The Bertz CT molecular complexity index is 580. The number of hydrogen-bond acceptors (Lipinski definition) is 0. The minimum atomic E-state index is -0.780. The van der Waals surface area contributed by atoms with Crippen molar-refractivity contribution in [2.75, 3.05) is 0 Å². The van der Waals surface area contributed by atoms with Crippen LogP contribution in [-0.4, -0.2) is 14.1 Å². The molecule has 0 amide bonds. The lowest BCUT2D eigenvalue weighted by Crippen LogP contribution is -2.14. The molecule has 1 heteroatoms. The fraction of sp³-hybridized carbons (Fsp3) is 0.400. The summed E-state index contributed by atoms with van der Waals surface area (Å²) < 4.78 is 0. The molecular weight excluding hydrogens is 267 g/mol. The van der Waals surface area contributed by atoms with Crippen molar-refractivity contribution in [3.63, 3.8) is 0 Å². The first-order valence-corrected chi connectivity index (χ1v) is 10.5. The van der Waals surface area contributed by atoms with E-state index in [0.29, 0.717) is 0 Å². The van der Waals surface area contributed by atoms with E-state index in [4.69, 9.17) is 0 Å². The van der Waals surface area contributed by atoms with E-state index < -0.39 is 14.1 Å². The van der Waals surface area contributed by atoms with Gasteiger partial charge in [0.05, 0.1) is 0 Å². The van der Waals surface area contributed by atoms with Crippen molar-refractivity contribution < 1.29 is 0 Å². The Labute approximate surface area is 134 Å². The SMILES string of the molecule is CC(C)[CH2][Al]([CH]=Cc1cccc2ccccc12)[CH2]C(C)C. The van der Waals surface area contributed by atoms with Gasteiger partial charge in [0.2, 0.25) is 0 Å². The first-order chi connectivity index (χ1) is 10.1. The fourth-order valence-electron chi connectivity index (χ4n) is 3.10. The third kappa shape index (κ3) is 5.03. The summed E-state index contributed by atoms with van der Waals surface area (Å²) >= 11 is -0.780. The van der Waals surface area contributed by atoms with Crippen LogP contribution in [0.3, 0.4) is 0 Å². The third-order valence-electron chi connectivity index (χ3n) is 3.92. The summed E-state index contributed by atoms with van der Waals surface area (Å²) in [6.07, 6.45) is 2.39. The monoisotopic (exact) mass is 294 g/mol. The Kier molecular flexibility index (Phi) is 6.10. The van der Waals surface area contributed by atoms with Crippen LogP contribution < -0.4 is 0 Å². The second-order valence-electron chi connectivity index (χ2n) is 6.95. The second kappa shape index (κ2) is 7.83. The smallest absolute Gasteiger partial charge is 0.144 e. The van der Waals surface area contributed by atoms with Crippen molar-refractivity contribution in [3.8, 4) is 0 Å². The van der Waals surface area contributed by atoms with Gasteiger partial charge in [0.15, 0.2) is 0 Å². The standard InChI is InChI=1S/C12H9.2C4H9.Al/c1-2-10-7-5-8-11-6-3-4-9-12(10)11;2*1-4(2)3;/h1-9H;2*4H,1H2,2-3H3;. The van der Waals surface area contributed by atoms with Crippen LogP contribution >= 0.6 is 0 Å². The molecule has 0 aliphatic carbocycles. The van der Waals surface area contributed by atoms with Crippen molar-refractivity contribution >= 4 is 31.0 Å². The van der Waals surface area contributed by atoms with Crippen LogP contribution in [0.15, 0.2) is 47.4 Å². The molecule has 0 atom stereocenters. The van der Waals surface area contributed by atoms with E-state index in [-0.39, 0.29) is 0 Å². The van der Waals surface area contributed by atoms with E-state index in [1.54, 1.807) is 0 Å². The van der Waals surface area contributed by atoms with Gasteiger partial charge >= 0.3 is 0 Å². The predicted octanol–water partition coefficient (Wildman–Crippen LogP) is 6.20. The van der Waals surface area contributed by atoms with Crippen molar-refractivity contribution in [3.05, 3.63) is 53.0 Å². The van der Waals surface area contributed by atoms with E-state index in [9.17, 15) is 0 Å². The third-order valence-corrected chi connectivity index (χ3v) is 7.75. The van der Waals surface area contributed by atoms with Crippen molar-refractivity contribution in [1.82, 2.24) is 0 Å². The van der Waals surface area contributed by atoms with Gasteiger partial charge in [-0.2, -0.15) is 0 Å². The molecule has 0 bridgehead atoms. The topological polar surface area (TPSA) is 0 Å². The lowest BCUT2D eigenvalue weighted by Gasteiger charge is -2.13. The maximum Gasteiger partial charge on any atom is 0.295 e. The maximum absolute atomic E-state index is 2.57. The molecule has 2 rings (SSSR count). The summed E-state index contributed by atoms with van der Waals surface area (Å²) in [5.41, 5.74) is 1.37. The van der Waals surface area contributed by atoms with Gasteiger partial charge in [-0.15, -0.1) is 4.94 Å². The van der Waals surface area contributed by atoms with Gasteiger partial charge < -0.3 is 0 Å². The molecule has 0 aliphatic rings. The van der Waals surface area contributed by atoms with Gasteiger partial charge in [0.1, 0.15) is 0 Å². The summed E-state index contributed by atoms with van der Waals surface area (Å²) in [6, 6.07) is 15.3. The van der Waals surface area contributed by atoms with Crippen LogP contribution in [0.2, 0.25) is 10.6 Å². The van der Waals surface area contributed by atoms with Crippen LogP contribution in [-0.2, 0) is 0 Å². The van der Waals surface area contributed by atoms with Gasteiger partial charge in [0.25, 0.3) is 14.1 Å². The molecule has 0 aromatic heterocycles. The Morgan fingerprint density at radius 3 is 2.14 bits per heavy atom. The molecule has 0 fully saturated rings. The summed E-state index contributed by atoms with van der Waals surface area (Å²) in [7, 11) is 0. The number of hydrogen-bond donors (Lipinski definition) is 0. The molecule has 0 saturated heterocycles. The van der Waals surface area contributed by atoms with Crippen LogP contribution in [0.5, 0.6) is 0 Å². The first kappa shape index (κ1) is 16.3. The molecule has 0 spiro atoms. The largest absolute Gasteiger partial charge is 0.295 e. The molecule has 2 aromatic rings. The van der Waals surface area contributed by atoms with E-state index in [1.807, 2.05) is 0 Å². The summed E-state index contributed by atoms with van der Waals surface area (Å²) in [4.78, 5) is 2.57. The zero-order valence-electron chi connectivity index (χ0n) is 13.8. The minimum Gasteiger partial charge on any atom is -0.144 e. The normalized spacial score (nSPS) is 11.9. The zero-order valence-corrected chi connectivity index (χ0v) is 15.0. The van der Waals surface area contributed by atoms with E-state index in [1.165, 1.54) is 26.9 Å². The molecule has 0 heterocycles. The molecule has 0 nitrogen and oxygen atoms in total. The lowest BCUT2D eigenvalue weighted by atomic mass is 10.1. The van der Waals surface area contributed by atoms with Crippen LogP contribution in [0, 0.1) is 11.8 Å². The summed E-state index contributed by atoms with van der Waals surface area (Å²) in [5.74, 6) is 1.63. The van der Waals surface area contributed by atoms with Gasteiger partial charge in [-0.3, -0.25) is 0 Å². The molecule has 21 heavy (non-hydrogen) atoms. The Hall–Kier alpha value is -1.03. The van der Waals surface area contributed by atoms with Crippen molar-refractivity contribution in [2.24, 2.45) is 11.8 Å². The highest BCUT2D eigenvalue weighted by Crippen LogP contribution is 2.21. The average Bonchev–Trinajstić information content (AvgIpc) is 2.43. The van der Waals surface area contributed by atoms with Crippen molar-refractivity contribution in [1.29, 1.82) is 0 Å². The second-order valence-corrected chi connectivity index (χ2v) is 9.79. The quantitative estimate of drug-likeness (QED) is 0.556. The molecule has 2 aromatic carbocycles. The van der Waals surface area contributed by atoms with Crippen molar-refractivity contribution in [2.45, 2.75) is 38.3 Å². The van der Waals surface area contributed by atoms with Crippen LogP contribution in [0.1, 0.15) is 33.3 Å². The highest BCUT2D eigenvalue weighted by atomic mass is 27.2. The van der Waals surface area contributed by atoms with Crippen LogP contribution in [0.25, 0.3) is 16.8 Å². The van der Waals surface area contributed by atoms with E-state index in [0.717, 1.165) is 11.8 Å². The Morgan fingerprint density at radius 1 is 0.857 bits per heavy atom. The molecule has 0 saturated carbocycles. The Morgan fingerprint density at radius 2 is 1.48 bits per heavy atom. The number of fused-ring (bicyclic) bond motifs is 1. The highest BCUT2D eigenvalue weighted by molar-refractivity contribution is 6.65. The van der Waals surface area contributed by atoms with Gasteiger partial charge in [-0.05, 0) is 16.3 Å². The maximum atomic E-state index is 2.57. The molecular formula is C20H27Al. The average molecular weight is 294 g/mol. The zero-order chi connectivity index (χ0) is 15.2.